The van der Waals surface area contributed by atoms with Gasteiger partial charge in [-0.2, -0.15) is 0 Å². The maximum Gasteiger partial charge on any atom is 0.314 e. The Morgan fingerprint density at radius 3 is 2.06 bits per heavy atom. The largest absolute Gasteiger partial charge is 0.481 e. The minimum Gasteiger partial charge on any atom is -0.481 e. The van der Waals surface area contributed by atoms with Crippen LogP contribution in [0.1, 0.15) is 42.4 Å². The molecule has 1 aromatic carbocycles. The van der Waals surface area contributed by atoms with Crippen LogP contribution in [0.4, 0.5) is 0 Å². The normalized spacial score (nSPS) is 23.2. The van der Waals surface area contributed by atoms with Gasteiger partial charge in [-0.3, -0.25) is 4.79 Å². The third-order valence-electron chi connectivity index (χ3n) is 4.49. The summed E-state index contributed by atoms with van der Waals surface area (Å²) in [5, 5.41) is 9.58. The lowest BCUT2D eigenvalue weighted by Crippen LogP contribution is -2.49. The summed E-state index contributed by atoms with van der Waals surface area (Å²) in [6.07, 6.45) is 4.15. The first kappa shape index (κ1) is 10.8. The van der Waals surface area contributed by atoms with Crippen molar-refractivity contribution >= 4 is 5.97 Å². The van der Waals surface area contributed by atoms with Crippen molar-refractivity contribution in [3.63, 3.8) is 0 Å². The van der Waals surface area contributed by atoms with Gasteiger partial charge in [-0.15, -0.1) is 0 Å². The molecule has 0 saturated heterocycles. The molecule has 2 saturated carbocycles. The quantitative estimate of drug-likeness (QED) is 0.847. The van der Waals surface area contributed by atoms with Gasteiger partial charge in [-0.1, -0.05) is 29.3 Å². The van der Waals surface area contributed by atoms with E-state index in [1.54, 1.807) is 0 Å². The standard InChI is InChI=1S/C15H18O2/c1-10-5-11(2)7-12(6-10)15(13(16)17)8-14(9-15)3-4-14/h5-7H,3-4,8-9H2,1-2H3,(H,16,17). The second-order valence-corrected chi connectivity index (χ2v) is 6.12. The first-order chi connectivity index (χ1) is 7.96. The highest BCUT2D eigenvalue weighted by molar-refractivity contribution is 5.83. The number of carboxylic acids is 1. The van der Waals surface area contributed by atoms with Crippen molar-refractivity contribution in [2.75, 3.05) is 0 Å². The molecule has 0 radical (unpaired) electrons. The smallest absolute Gasteiger partial charge is 0.314 e. The molecule has 3 rings (SSSR count). The van der Waals surface area contributed by atoms with E-state index in [2.05, 4.69) is 18.2 Å². The molecule has 0 aromatic heterocycles. The van der Waals surface area contributed by atoms with Crippen LogP contribution in [0.3, 0.4) is 0 Å². The van der Waals surface area contributed by atoms with E-state index < -0.39 is 11.4 Å². The molecule has 1 aromatic rings. The predicted molar refractivity (Wildman–Crippen MR) is 66.1 cm³/mol. The van der Waals surface area contributed by atoms with Crippen molar-refractivity contribution in [1.29, 1.82) is 0 Å². The predicted octanol–water partition coefficient (Wildman–Crippen LogP) is 3.20. The molecule has 1 N–H and O–H groups in total. The zero-order valence-corrected chi connectivity index (χ0v) is 10.4. The highest BCUT2D eigenvalue weighted by Gasteiger charge is 2.64. The van der Waals surface area contributed by atoms with Crippen LogP contribution in [0.5, 0.6) is 0 Å². The maximum absolute atomic E-state index is 11.6. The number of benzene rings is 1. The molecule has 0 aliphatic heterocycles. The van der Waals surface area contributed by atoms with Gasteiger partial charge in [0.25, 0.3) is 0 Å². The van der Waals surface area contributed by atoms with Crippen LogP contribution in [-0.2, 0) is 10.2 Å². The summed E-state index contributed by atoms with van der Waals surface area (Å²) in [7, 11) is 0. The average Bonchev–Trinajstić information content (AvgIpc) is 2.91. The van der Waals surface area contributed by atoms with E-state index in [9.17, 15) is 9.90 Å². The van der Waals surface area contributed by atoms with Crippen molar-refractivity contribution in [1.82, 2.24) is 0 Å². The fourth-order valence-electron chi connectivity index (χ4n) is 3.49. The molecular weight excluding hydrogens is 212 g/mol. The van der Waals surface area contributed by atoms with Crippen LogP contribution in [0, 0.1) is 19.3 Å². The summed E-state index contributed by atoms with van der Waals surface area (Å²) >= 11 is 0. The Morgan fingerprint density at radius 1 is 1.12 bits per heavy atom. The highest BCUT2D eigenvalue weighted by Crippen LogP contribution is 2.69. The summed E-state index contributed by atoms with van der Waals surface area (Å²) in [6.45, 7) is 4.08. The van der Waals surface area contributed by atoms with Gasteiger partial charge in [-0.05, 0) is 50.5 Å². The molecule has 17 heavy (non-hydrogen) atoms. The Labute approximate surface area is 102 Å². The van der Waals surface area contributed by atoms with E-state index in [1.807, 2.05) is 13.8 Å². The molecule has 1 spiro atoms. The first-order valence-electron chi connectivity index (χ1n) is 6.28. The molecule has 0 atom stereocenters. The minimum atomic E-state index is -0.639. The van der Waals surface area contributed by atoms with Gasteiger partial charge in [0.1, 0.15) is 0 Å². The maximum atomic E-state index is 11.6. The van der Waals surface area contributed by atoms with E-state index in [4.69, 9.17) is 0 Å². The van der Waals surface area contributed by atoms with E-state index in [0.29, 0.717) is 5.41 Å². The number of hydrogen-bond donors (Lipinski definition) is 1. The molecule has 2 fully saturated rings. The lowest BCUT2D eigenvalue weighted by molar-refractivity contribution is -0.150. The van der Waals surface area contributed by atoms with Gasteiger partial charge in [-0.25, -0.2) is 0 Å². The lowest BCUT2D eigenvalue weighted by atomic mass is 9.56. The Bertz CT molecular complexity index is 469. The highest BCUT2D eigenvalue weighted by atomic mass is 16.4. The third kappa shape index (κ3) is 1.50. The van der Waals surface area contributed by atoms with Crippen molar-refractivity contribution in [2.45, 2.75) is 44.9 Å². The molecular formula is C15H18O2. The van der Waals surface area contributed by atoms with Crippen LogP contribution >= 0.6 is 0 Å². The van der Waals surface area contributed by atoms with Crippen molar-refractivity contribution in [3.8, 4) is 0 Å². The van der Waals surface area contributed by atoms with Gasteiger partial charge in [0.15, 0.2) is 0 Å². The number of carboxylic acid groups (broad SMARTS) is 1. The average molecular weight is 230 g/mol. The van der Waals surface area contributed by atoms with Gasteiger partial charge >= 0.3 is 5.97 Å². The summed E-state index contributed by atoms with van der Waals surface area (Å²) < 4.78 is 0. The fourth-order valence-corrected chi connectivity index (χ4v) is 3.49. The second-order valence-electron chi connectivity index (χ2n) is 6.12. The molecule has 2 aliphatic rings. The Morgan fingerprint density at radius 2 is 1.65 bits per heavy atom. The summed E-state index contributed by atoms with van der Waals surface area (Å²) in [4.78, 5) is 11.6. The monoisotopic (exact) mass is 230 g/mol. The van der Waals surface area contributed by atoms with E-state index in [0.717, 1.165) is 29.5 Å². The molecule has 90 valence electrons. The fraction of sp³-hybridized carbons (Fsp3) is 0.533. The second kappa shape index (κ2) is 3.12. The Kier molecular flexibility index (Phi) is 1.99. The van der Waals surface area contributed by atoms with Gasteiger partial charge < -0.3 is 5.11 Å². The summed E-state index contributed by atoms with van der Waals surface area (Å²) in [5.41, 5.74) is 3.15. The molecule has 0 amide bonds. The van der Waals surface area contributed by atoms with Gasteiger partial charge in [0.2, 0.25) is 0 Å². The zero-order chi connectivity index (χ0) is 12.3. The van der Waals surface area contributed by atoms with Crippen LogP contribution in [0.2, 0.25) is 0 Å². The van der Waals surface area contributed by atoms with Crippen LogP contribution in [0.25, 0.3) is 0 Å². The van der Waals surface area contributed by atoms with Crippen molar-refractivity contribution in [2.24, 2.45) is 5.41 Å². The Balaban J connectivity index is 2.02. The molecule has 0 bridgehead atoms. The van der Waals surface area contributed by atoms with Gasteiger partial charge in [0, 0.05) is 0 Å². The van der Waals surface area contributed by atoms with Crippen LogP contribution in [0.15, 0.2) is 18.2 Å². The number of aryl methyl sites for hydroxylation is 2. The Hall–Kier alpha value is -1.31. The van der Waals surface area contributed by atoms with Gasteiger partial charge in [0.05, 0.1) is 5.41 Å². The van der Waals surface area contributed by atoms with E-state index in [1.165, 1.54) is 12.8 Å². The third-order valence-corrected chi connectivity index (χ3v) is 4.49. The summed E-state index contributed by atoms with van der Waals surface area (Å²) in [5.74, 6) is -0.639. The van der Waals surface area contributed by atoms with Crippen molar-refractivity contribution < 1.29 is 9.90 Å². The number of aliphatic carboxylic acids is 1. The van der Waals surface area contributed by atoms with Crippen molar-refractivity contribution in [3.05, 3.63) is 34.9 Å². The topological polar surface area (TPSA) is 37.3 Å². The molecule has 0 unspecified atom stereocenters. The zero-order valence-electron chi connectivity index (χ0n) is 10.4. The molecule has 2 aliphatic carbocycles. The first-order valence-corrected chi connectivity index (χ1v) is 6.28. The lowest BCUT2D eigenvalue weighted by Gasteiger charge is -2.46. The summed E-state index contributed by atoms with van der Waals surface area (Å²) in [6, 6.07) is 6.21. The molecule has 0 heterocycles. The molecule has 2 heteroatoms. The number of carbonyl (C=O) groups is 1. The minimum absolute atomic E-state index is 0.399. The number of rotatable bonds is 2. The van der Waals surface area contributed by atoms with Crippen LogP contribution < -0.4 is 0 Å². The van der Waals surface area contributed by atoms with Crippen LogP contribution in [-0.4, -0.2) is 11.1 Å². The van der Waals surface area contributed by atoms with E-state index >= 15 is 0 Å². The van der Waals surface area contributed by atoms with E-state index in [-0.39, 0.29) is 0 Å². The number of hydrogen-bond acceptors (Lipinski definition) is 1. The SMILES string of the molecule is Cc1cc(C)cc(C2(C(=O)O)CC3(CC3)C2)c1. The molecule has 2 nitrogen and oxygen atoms in total.